The third-order valence-electron chi connectivity index (χ3n) is 3.73. The van der Waals surface area contributed by atoms with Gasteiger partial charge >= 0.3 is 0 Å². The van der Waals surface area contributed by atoms with Crippen LogP contribution in [0.2, 0.25) is 5.02 Å². The molecule has 10 heteroatoms. The summed E-state index contributed by atoms with van der Waals surface area (Å²) in [6.07, 6.45) is 1.68. The number of carbonyl (C=O) groups excluding carboxylic acids is 1. The van der Waals surface area contributed by atoms with Crippen molar-refractivity contribution in [2.45, 2.75) is 20.3 Å². The van der Waals surface area contributed by atoms with Crippen molar-refractivity contribution in [3.05, 3.63) is 40.9 Å². The van der Waals surface area contributed by atoms with Gasteiger partial charge in [0.25, 0.3) is 5.91 Å². The lowest BCUT2D eigenvalue weighted by Crippen LogP contribution is -2.33. The summed E-state index contributed by atoms with van der Waals surface area (Å²) in [7, 11) is -3.22. The Morgan fingerprint density at radius 2 is 1.96 bits per heavy atom. The van der Waals surface area contributed by atoms with Crippen molar-refractivity contribution in [3.63, 3.8) is 0 Å². The lowest BCUT2D eigenvalue weighted by Gasteiger charge is -2.17. The van der Waals surface area contributed by atoms with Gasteiger partial charge in [-0.15, -0.1) is 5.10 Å². The Kier molecular flexibility index (Phi) is 6.74. The van der Waals surface area contributed by atoms with Gasteiger partial charge in [0.2, 0.25) is 15.8 Å². The normalized spacial score (nSPS) is 11.7. The van der Waals surface area contributed by atoms with E-state index >= 15 is 0 Å². The molecule has 0 aliphatic rings. The van der Waals surface area contributed by atoms with Crippen molar-refractivity contribution < 1.29 is 13.2 Å². The SMILES string of the molecule is CCN(CCCNC(=O)c1nc(C)n(-c2ccc(Cl)cc2)n1)S(C)(=O)=O. The van der Waals surface area contributed by atoms with Crippen LogP contribution in [0, 0.1) is 6.92 Å². The van der Waals surface area contributed by atoms with Crippen LogP contribution in [0.4, 0.5) is 0 Å². The molecule has 1 aromatic carbocycles. The average molecular weight is 400 g/mol. The van der Waals surface area contributed by atoms with E-state index in [2.05, 4.69) is 15.4 Å². The molecule has 8 nitrogen and oxygen atoms in total. The minimum Gasteiger partial charge on any atom is -0.349 e. The highest BCUT2D eigenvalue weighted by molar-refractivity contribution is 7.88. The maximum Gasteiger partial charge on any atom is 0.290 e. The number of sulfonamides is 1. The van der Waals surface area contributed by atoms with E-state index in [0.717, 1.165) is 5.69 Å². The Labute approximate surface area is 158 Å². The molecule has 1 N–H and O–H groups in total. The molecule has 0 atom stereocenters. The van der Waals surface area contributed by atoms with Gasteiger partial charge in [-0.05, 0) is 37.6 Å². The number of hydrogen-bond acceptors (Lipinski definition) is 5. The van der Waals surface area contributed by atoms with E-state index in [-0.39, 0.29) is 5.82 Å². The molecule has 0 unspecified atom stereocenters. The summed E-state index contributed by atoms with van der Waals surface area (Å²) in [5, 5.41) is 7.54. The van der Waals surface area contributed by atoms with Crippen LogP contribution < -0.4 is 5.32 Å². The number of rotatable bonds is 8. The van der Waals surface area contributed by atoms with Crippen molar-refractivity contribution in [2.24, 2.45) is 0 Å². The number of aromatic nitrogens is 3. The molecule has 0 radical (unpaired) electrons. The number of halogens is 1. The van der Waals surface area contributed by atoms with Gasteiger partial charge in [0.05, 0.1) is 11.9 Å². The zero-order valence-corrected chi connectivity index (χ0v) is 16.5. The highest BCUT2D eigenvalue weighted by atomic mass is 35.5. The number of carbonyl (C=O) groups is 1. The summed E-state index contributed by atoms with van der Waals surface area (Å²) in [5.41, 5.74) is 0.755. The largest absolute Gasteiger partial charge is 0.349 e. The van der Waals surface area contributed by atoms with E-state index in [0.29, 0.717) is 36.9 Å². The lowest BCUT2D eigenvalue weighted by molar-refractivity contribution is 0.0942. The predicted octanol–water partition coefficient (Wildman–Crippen LogP) is 1.63. The van der Waals surface area contributed by atoms with E-state index in [1.54, 1.807) is 42.8 Å². The van der Waals surface area contributed by atoms with Crippen molar-refractivity contribution in [3.8, 4) is 5.69 Å². The van der Waals surface area contributed by atoms with Gasteiger partial charge in [-0.1, -0.05) is 18.5 Å². The van der Waals surface area contributed by atoms with Crippen LogP contribution in [-0.4, -0.2) is 59.3 Å². The standard InChI is InChI=1S/C16H22ClN5O3S/c1-4-21(26(3,24)25)11-5-10-18-16(23)15-19-12(2)22(20-15)14-8-6-13(17)7-9-14/h6-9H,4-5,10-11H2,1-3H3,(H,18,23). The maximum atomic E-state index is 12.2. The van der Waals surface area contributed by atoms with E-state index < -0.39 is 15.9 Å². The predicted molar refractivity (Wildman–Crippen MR) is 100 cm³/mol. The number of nitrogens with one attached hydrogen (secondary N) is 1. The molecular weight excluding hydrogens is 378 g/mol. The maximum absolute atomic E-state index is 12.2. The van der Waals surface area contributed by atoms with E-state index in [9.17, 15) is 13.2 Å². The molecule has 0 spiro atoms. The minimum atomic E-state index is -3.22. The van der Waals surface area contributed by atoms with E-state index in [1.807, 2.05) is 0 Å². The molecule has 0 aliphatic carbocycles. The van der Waals surface area contributed by atoms with Crippen LogP contribution in [0.15, 0.2) is 24.3 Å². The number of hydrogen-bond donors (Lipinski definition) is 1. The zero-order chi connectivity index (χ0) is 19.3. The first-order chi connectivity index (χ1) is 12.2. The molecule has 0 saturated carbocycles. The first kappa shape index (κ1) is 20.3. The van der Waals surface area contributed by atoms with E-state index in [4.69, 9.17) is 11.6 Å². The Bertz CT molecular complexity index is 865. The summed E-state index contributed by atoms with van der Waals surface area (Å²) < 4.78 is 26.0. The number of amides is 1. The summed E-state index contributed by atoms with van der Waals surface area (Å²) in [6.45, 7) is 4.61. The molecule has 142 valence electrons. The third-order valence-corrected chi connectivity index (χ3v) is 5.37. The Morgan fingerprint density at radius 3 is 2.54 bits per heavy atom. The highest BCUT2D eigenvalue weighted by Crippen LogP contribution is 2.14. The Morgan fingerprint density at radius 1 is 1.31 bits per heavy atom. The fourth-order valence-electron chi connectivity index (χ4n) is 2.41. The highest BCUT2D eigenvalue weighted by Gasteiger charge is 2.16. The summed E-state index contributed by atoms with van der Waals surface area (Å²) in [4.78, 5) is 16.4. The molecule has 1 amide bonds. The Balaban J connectivity index is 1.94. The van der Waals surface area contributed by atoms with Gasteiger partial charge in [-0.25, -0.2) is 22.4 Å². The molecule has 1 aromatic heterocycles. The average Bonchev–Trinajstić information content (AvgIpc) is 2.96. The molecule has 0 bridgehead atoms. The molecule has 0 fully saturated rings. The van der Waals surface area contributed by atoms with Gasteiger partial charge in [-0.2, -0.15) is 0 Å². The second kappa shape index (κ2) is 8.61. The molecule has 0 aliphatic heterocycles. The summed E-state index contributed by atoms with van der Waals surface area (Å²) in [5.74, 6) is 0.239. The first-order valence-electron chi connectivity index (χ1n) is 8.15. The lowest BCUT2D eigenvalue weighted by atomic mass is 10.3. The van der Waals surface area contributed by atoms with Gasteiger partial charge in [-0.3, -0.25) is 4.79 Å². The molecule has 1 heterocycles. The smallest absolute Gasteiger partial charge is 0.290 e. The molecule has 2 aromatic rings. The van der Waals surface area contributed by atoms with Gasteiger partial charge in [0.15, 0.2) is 0 Å². The van der Waals surface area contributed by atoms with Crippen LogP contribution in [0.3, 0.4) is 0 Å². The quantitative estimate of drug-likeness (QED) is 0.680. The zero-order valence-electron chi connectivity index (χ0n) is 14.9. The molecule has 2 rings (SSSR count). The van der Waals surface area contributed by atoms with Crippen molar-refractivity contribution >= 4 is 27.5 Å². The summed E-state index contributed by atoms with van der Waals surface area (Å²) in [6, 6.07) is 7.05. The fourth-order valence-corrected chi connectivity index (χ4v) is 3.46. The van der Waals surface area contributed by atoms with Gasteiger partial charge in [0, 0.05) is 24.7 Å². The molecule has 0 saturated heterocycles. The number of benzene rings is 1. The van der Waals surface area contributed by atoms with Gasteiger partial charge < -0.3 is 5.32 Å². The number of nitrogens with zero attached hydrogens (tertiary/aromatic N) is 4. The number of aryl methyl sites for hydroxylation is 1. The van der Waals surface area contributed by atoms with Crippen LogP contribution in [-0.2, 0) is 10.0 Å². The third kappa shape index (κ3) is 5.26. The van der Waals surface area contributed by atoms with Crippen LogP contribution in [0.1, 0.15) is 29.8 Å². The van der Waals surface area contributed by atoms with Crippen LogP contribution in [0.25, 0.3) is 5.69 Å². The minimum absolute atomic E-state index is 0.0629. The van der Waals surface area contributed by atoms with Crippen molar-refractivity contribution in [2.75, 3.05) is 25.9 Å². The fraction of sp³-hybridized carbons (Fsp3) is 0.438. The second-order valence-electron chi connectivity index (χ2n) is 5.73. The monoisotopic (exact) mass is 399 g/mol. The molecular formula is C16H22ClN5O3S. The van der Waals surface area contributed by atoms with Crippen molar-refractivity contribution in [1.29, 1.82) is 0 Å². The van der Waals surface area contributed by atoms with Crippen LogP contribution in [0.5, 0.6) is 0 Å². The second-order valence-corrected chi connectivity index (χ2v) is 8.15. The van der Waals surface area contributed by atoms with E-state index in [1.165, 1.54) is 10.6 Å². The molecule has 26 heavy (non-hydrogen) atoms. The Hall–Kier alpha value is -1.97. The van der Waals surface area contributed by atoms with Crippen LogP contribution >= 0.6 is 11.6 Å². The topological polar surface area (TPSA) is 97.2 Å². The first-order valence-corrected chi connectivity index (χ1v) is 10.4. The summed E-state index contributed by atoms with van der Waals surface area (Å²) >= 11 is 5.88. The van der Waals surface area contributed by atoms with Crippen molar-refractivity contribution in [1.82, 2.24) is 24.4 Å². The van der Waals surface area contributed by atoms with Gasteiger partial charge in [0.1, 0.15) is 5.82 Å².